The number of piperidine rings is 1. The molecule has 2 atom stereocenters. The summed E-state index contributed by atoms with van der Waals surface area (Å²) in [6.45, 7) is 5.68. The summed E-state index contributed by atoms with van der Waals surface area (Å²) < 4.78 is 15.7. The van der Waals surface area contributed by atoms with Gasteiger partial charge in [-0.25, -0.2) is 9.59 Å². The van der Waals surface area contributed by atoms with Gasteiger partial charge >= 0.3 is 18.0 Å². The fraction of sp³-hybridized carbons (Fsp3) is 0.522. The van der Waals surface area contributed by atoms with E-state index in [-0.39, 0.29) is 18.5 Å². The number of carbonyl (C=O) groups is 3. The number of esters is 2. The highest BCUT2D eigenvalue weighted by Crippen LogP contribution is 2.30. The second-order valence-corrected chi connectivity index (χ2v) is 7.74. The van der Waals surface area contributed by atoms with Gasteiger partial charge in [0.25, 0.3) is 0 Å². The fourth-order valence-electron chi connectivity index (χ4n) is 4.11. The van der Waals surface area contributed by atoms with Crippen molar-refractivity contribution in [3.63, 3.8) is 0 Å². The van der Waals surface area contributed by atoms with Crippen LogP contribution in [0.1, 0.15) is 38.3 Å². The minimum Gasteiger partial charge on any atom is -0.497 e. The summed E-state index contributed by atoms with van der Waals surface area (Å²) in [7, 11) is 1.57. The number of carbonyl (C=O) groups excluding carboxylic acids is 3. The predicted octanol–water partition coefficient (Wildman–Crippen LogP) is 2.14. The smallest absolute Gasteiger partial charge is 0.338 e. The van der Waals surface area contributed by atoms with Gasteiger partial charge in [0.1, 0.15) is 5.75 Å². The number of nitrogens with one attached hydrogen (secondary N) is 2. The molecule has 1 saturated heterocycles. The molecule has 3 rings (SSSR count). The van der Waals surface area contributed by atoms with Crippen molar-refractivity contribution in [1.29, 1.82) is 0 Å². The molecule has 0 aliphatic carbocycles. The molecular weight excluding hydrogens is 414 g/mol. The lowest BCUT2D eigenvalue weighted by molar-refractivity contribution is -0.150. The van der Waals surface area contributed by atoms with Gasteiger partial charge < -0.3 is 24.8 Å². The molecule has 9 nitrogen and oxygen atoms in total. The van der Waals surface area contributed by atoms with Crippen molar-refractivity contribution in [2.45, 2.75) is 32.7 Å². The summed E-state index contributed by atoms with van der Waals surface area (Å²) in [5.41, 5.74) is 1.58. The monoisotopic (exact) mass is 445 g/mol. The third-order valence-electron chi connectivity index (χ3n) is 5.61. The van der Waals surface area contributed by atoms with Gasteiger partial charge in [-0.3, -0.25) is 9.69 Å². The van der Waals surface area contributed by atoms with Gasteiger partial charge in [-0.1, -0.05) is 12.1 Å². The number of amides is 2. The molecule has 32 heavy (non-hydrogen) atoms. The highest BCUT2D eigenvalue weighted by molar-refractivity contribution is 5.95. The molecule has 1 aromatic rings. The van der Waals surface area contributed by atoms with E-state index in [0.717, 1.165) is 24.9 Å². The Hall–Kier alpha value is -3.07. The third kappa shape index (κ3) is 5.59. The molecule has 1 fully saturated rings. The molecule has 0 aromatic heterocycles. The summed E-state index contributed by atoms with van der Waals surface area (Å²) in [4.78, 5) is 39.7. The largest absolute Gasteiger partial charge is 0.497 e. The summed E-state index contributed by atoms with van der Waals surface area (Å²) in [5.74, 6) is -0.239. The zero-order valence-corrected chi connectivity index (χ0v) is 18.8. The Bertz CT molecular complexity index is 867. The Balaban J connectivity index is 1.90. The van der Waals surface area contributed by atoms with E-state index in [1.165, 1.54) is 0 Å². The first-order valence-corrected chi connectivity index (χ1v) is 11.0. The maximum atomic E-state index is 12.9. The van der Waals surface area contributed by atoms with Gasteiger partial charge in [-0.05, 0) is 50.9 Å². The number of benzene rings is 1. The van der Waals surface area contributed by atoms with E-state index in [2.05, 4.69) is 15.5 Å². The maximum absolute atomic E-state index is 12.9. The van der Waals surface area contributed by atoms with Gasteiger partial charge in [0.2, 0.25) is 0 Å². The van der Waals surface area contributed by atoms with Crippen molar-refractivity contribution >= 4 is 18.0 Å². The molecule has 2 heterocycles. The van der Waals surface area contributed by atoms with Crippen LogP contribution in [0.4, 0.5) is 4.79 Å². The van der Waals surface area contributed by atoms with E-state index >= 15 is 0 Å². The molecule has 2 N–H and O–H groups in total. The van der Waals surface area contributed by atoms with Crippen LogP contribution in [0.3, 0.4) is 0 Å². The average Bonchev–Trinajstić information content (AvgIpc) is 2.79. The first-order chi connectivity index (χ1) is 15.5. The maximum Gasteiger partial charge on any atom is 0.338 e. The molecule has 1 aromatic carbocycles. The van der Waals surface area contributed by atoms with Crippen LogP contribution in [0.25, 0.3) is 0 Å². The molecule has 9 heteroatoms. The van der Waals surface area contributed by atoms with Crippen molar-refractivity contribution < 1.29 is 28.6 Å². The number of rotatable bonds is 8. The van der Waals surface area contributed by atoms with Crippen LogP contribution in [0, 0.1) is 5.92 Å². The fourth-order valence-corrected chi connectivity index (χ4v) is 4.11. The minimum atomic E-state index is -0.658. The molecular formula is C23H31N3O6. The number of methoxy groups -OCH3 is 1. The van der Waals surface area contributed by atoms with Crippen molar-refractivity contribution in [3.8, 4) is 5.75 Å². The van der Waals surface area contributed by atoms with E-state index in [0.29, 0.717) is 36.7 Å². The van der Waals surface area contributed by atoms with Crippen LogP contribution < -0.4 is 15.4 Å². The zero-order chi connectivity index (χ0) is 23.1. The third-order valence-corrected chi connectivity index (χ3v) is 5.61. The average molecular weight is 446 g/mol. The van der Waals surface area contributed by atoms with E-state index in [1.54, 1.807) is 33.1 Å². The summed E-state index contributed by atoms with van der Waals surface area (Å²) in [5, 5.41) is 5.62. The number of nitrogens with zero attached hydrogens (tertiary/aromatic N) is 1. The van der Waals surface area contributed by atoms with Gasteiger partial charge in [-0.2, -0.15) is 0 Å². The lowest BCUT2D eigenvalue weighted by atomic mass is 9.93. The van der Waals surface area contributed by atoms with Gasteiger partial charge in [0.05, 0.1) is 37.9 Å². The Labute approximate surface area is 188 Å². The summed E-state index contributed by atoms with van der Waals surface area (Å²) in [6.07, 6.45) is 1.60. The molecule has 0 bridgehead atoms. The van der Waals surface area contributed by atoms with E-state index in [4.69, 9.17) is 14.2 Å². The number of likely N-dealkylation sites (tertiary alicyclic amines) is 1. The van der Waals surface area contributed by atoms with Gasteiger partial charge in [0, 0.05) is 18.8 Å². The second-order valence-electron chi connectivity index (χ2n) is 7.74. The van der Waals surface area contributed by atoms with Gasteiger partial charge in [0.15, 0.2) is 0 Å². The topological polar surface area (TPSA) is 106 Å². The van der Waals surface area contributed by atoms with Crippen LogP contribution in [0.5, 0.6) is 5.75 Å². The molecule has 2 aliphatic rings. The lowest BCUT2D eigenvalue weighted by Crippen LogP contribution is -2.50. The van der Waals surface area contributed by atoms with Crippen LogP contribution in [-0.2, 0) is 19.1 Å². The highest BCUT2D eigenvalue weighted by Gasteiger charge is 2.35. The van der Waals surface area contributed by atoms with Crippen LogP contribution in [0.2, 0.25) is 0 Å². The first kappa shape index (κ1) is 23.6. The van der Waals surface area contributed by atoms with Crippen LogP contribution >= 0.6 is 0 Å². The van der Waals surface area contributed by atoms with Crippen molar-refractivity contribution in [2.75, 3.05) is 40.0 Å². The van der Waals surface area contributed by atoms with E-state index in [1.807, 2.05) is 12.1 Å². The van der Waals surface area contributed by atoms with Crippen molar-refractivity contribution in [1.82, 2.24) is 15.5 Å². The Morgan fingerprint density at radius 1 is 1.12 bits per heavy atom. The Kier molecular flexibility index (Phi) is 8.10. The Morgan fingerprint density at radius 2 is 1.84 bits per heavy atom. The molecule has 2 amide bonds. The molecule has 174 valence electrons. The number of urea groups is 1. The number of ether oxygens (including phenoxy) is 3. The molecule has 0 radical (unpaired) electrons. The Morgan fingerprint density at radius 3 is 2.50 bits per heavy atom. The summed E-state index contributed by atoms with van der Waals surface area (Å²) in [6, 6.07) is 6.12. The molecule has 0 spiro atoms. The van der Waals surface area contributed by atoms with E-state index < -0.39 is 18.0 Å². The first-order valence-electron chi connectivity index (χ1n) is 11.0. The zero-order valence-electron chi connectivity index (χ0n) is 18.8. The van der Waals surface area contributed by atoms with Crippen LogP contribution in [-0.4, -0.2) is 62.8 Å². The molecule has 2 aliphatic heterocycles. The standard InChI is InChI=1S/C23H31N3O6/c1-4-31-21(27)16-7-6-12-26(13-16)14-18-19(22(28)32-5-2)20(25-23(29)24-18)15-8-10-17(30-3)11-9-15/h8-11,16,20H,4-7,12-14H2,1-3H3,(H2,24,25,29)/t16-,20+/m0/s1. The molecule has 0 saturated carbocycles. The number of hydrogen-bond donors (Lipinski definition) is 2. The predicted molar refractivity (Wildman–Crippen MR) is 117 cm³/mol. The summed E-state index contributed by atoms with van der Waals surface area (Å²) >= 11 is 0. The normalized spacial score (nSPS) is 21.4. The van der Waals surface area contributed by atoms with Crippen molar-refractivity contribution in [3.05, 3.63) is 41.1 Å². The second kappa shape index (κ2) is 11.0. The minimum absolute atomic E-state index is 0.206. The van der Waals surface area contributed by atoms with Gasteiger partial charge in [-0.15, -0.1) is 0 Å². The number of hydrogen-bond acceptors (Lipinski definition) is 7. The SMILES string of the molecule is CCOC(=O)C1=C(CN2CCC[C@H](C(=O)OCC)C2)NC(=O)N[C@@H]1c1ccc(OC)cc1. The van der Waals surface area contributed by atoms with Crippen LogP contribution in [0.15, 0.2) is 35.5 Å². The highest BCUT2D eigenvalue weighted by atomic mass is 16.5. The lowest BCUT2D eigenvalue weighted by Gasteiger charge is -2.35. The van der Waals surface area contributed by atoms with Crippen molar-refractivity contribution in [2.24, 2.45) is 5.92 Å². The quantitative estimate of drug-likeness (QED) is 0.591. The molecule has 0 unspecified atom stereocenters. The van der Waals surface area contributed by atoms with E-state index in [9.17, 15) is 14.4 Å².